The minimum Gasteiger partial charge on any atom is -0.321 e. The molecule has 0 spiro atoms. The Balaban J connectivity index is 2.70. The van der Waals surface area contributed by atoms with Gasteiger partial charge in [-0.1, -0.05) is 44.0 Å². The van der Waals surface area contributed by atoms with Crippen molar-refractivity contribution in [2.24, 2.45) is 0 Å². The van der Waals surface area contributed by atoms with Gasteiger partial charge in [0.25, 0.3) is 5.91 Å². The zero-order chi connectivity index (χ0) is 10.5. The van der Waals surface area contributed by atoms with Crippen LogP contribution in [0, 0.1) is 12.7 Å². The third kappa shape index (κ3) is 1.22. The molecule has 1 aliphatic heterocycles. The molecule has 1 amide bonds. The molecule has 1 heterocycles. The van der Waals surface area contributed by atoms with Crippen LogP contribution < -0.4 is 5.32 Å². The lowest BCUT2D eigenvalue weighted by atomic mass is 10.1. The lowest BCUT2D eigenvalue weighted by Crippen LogP contribution is -2.20. The predicted molar refractivity (Wildman–Crippen MR) is 59.3 cm³/mol. The quantitative estimate of drug-likeness (QED) is 0.731. The molecule has 1 aromatic carbocycles. The van der Waals surface area contributed by atoms with Crippen molar-refractivity contribution in [3.05, 3.63) is 29.1 Å². The number of nitrogens with one attached hydrogen (secondary N) is 1. The fraction of sp³-hybridized carbons (Fsp3) is 0.222. The molecule has 2 nitrogen and oxygen atoms in total. The van der Waals surface area contributed by atoms with Gasteiger partial charge in [0.1, 0.15) is 5.82 Å². The molecule has 2 rings (SSSR count). The number of carbonyl (C=O) groups excluding carboxylic acids is 1. The van der Waals surface area contributed by atoms with Crippen molar-refractivity contribution in [3.63, 3.8) is 0 Å². The number of anilines is 1. The van der Waals surface area contributed by atoms with Crippen molar-refractivity contribution in [2.75, 3.05) is 5.32 Å². The SMILES string of the molecule is Cc1ccc2c(c1F)NC(=O)C2(Br)Br. The van der Waals surface area contributed by atoms with E-state index in [0.717, 1.165) is 0 Å². The average molecular weight is 323 g/mol. The first-order chi connectivity index (χ1) is 6.44. The lowest BCUT2D eigenvalue weighted by molar-refractivity contribution is -0.115. The smallest absolute Gasteiger partial charge is 0.256 e. The highest BCUT2D eigenvalue weighted by atomic mass is 79.9. The highest BCUT2D eigenvalue weighted by Crippen LogP contribution is 2.48. The van der Waals surface area contributed by atoms with Crippen LogP contribution >= 0.6 is 31.9 Å². The molecule has 0 aliphatic carbocycles. The van der Waals surface area contributed by atoms with Crippen LogP contribution in [-0.2, 0) is 8.03 Å². The molecule has 1 aromatic rings. The molecule has 0 saturated heterocycles. The average Bonchev–Trinajstić information content (AvgIpc) is 2.33. The highest BCUT2D eigenvalue weighted by Gasteiger charge is 2.43. The highest BCUT2D eigenvalue weighted by molar-refractivity contribution is 9.25. The van der Waals surface area contributed by atoms with Crippen LogP contribution in [0.5, 0.6) is 0 Å². The minimum absolute atomic E-state index is 0.253. The molecule has 0 bridgehead atoms. The minimum atomic E-state index is -0.996. The van der Waals surface area contributed by atoms with E-state index >= 15 is 0 Å². The van der Waals surface area contributed by atoms with Crippen molar-refractivity contribution in [1.29, 1.82) is 0 Å². The number of alkyl halides is 2. The summed E-state index contributed by atoms with van der Waals surface area (Å²) in [5, 5.41) is 2.49. The number of hydrogen-bond donors (Lipinski definition) is 1. The molecule has 1 N–H and O–H groups in total. The van der Waals surface area contributed by atoms with Gasteiger partial charge in [-0.2, -0.15) is 0 Å². The Morgan fingerprint density at radius 1 is 1.43 bits per heavy atom. The van der Waals surface area contributed by atoms with E-state index in [1.165, 1.54) is 0 Å². The van der Waals surface area contributed by atoms with Gasteiger partial charge in [0, 0.05) is 5.56 Å². The van der Waals surface area contributed by atoms with E-state index in [2.05, 4.69) is 37.2 Å². The van der Waals surface area contributed by atoms with Gasteiger partial charge >= 0.3 is 0 Å². The van der Waals surface area contributed by atoms with Crippen LogP contribution in [0.15, 0.2) is 12.1 Å². The van der Waals surface area contributed by atoms with Gasteiger partial charge < -0.3 is 5.32 Å². The van der Waals surface area contributed by atoms with Crippen LogP contribution in [0.25, 0.3) is 0 Å². The second-order valence-corrected chi connectivity index (χ2v) is 6.59. The molecule has 0 fully saturated rings. The second kappa shape index (κ2) is 3.03. The maximum absolute atomic E-state index is 13.6. The zero-order valence-corrected chi connectivity index (χ0v) is 10.4. The van der Waals surface area contributed by atoms with Crippen LogP contribution in [0.2, 0.25) is 0 Å². The first-order valence-electron chi connectivity index (χ1n) is 3.93. The Kier molecular flexibility index (Phi) is 2.19. The number of fused-ring (bicyclic) bond motifs is 1. The molecule has 0 radical (unpaired) electrons. The molecule has 1 aliphatic rings. The number of amides is 1. The molecular weight excluding hydrogens is 317 g/mol. The molecule has 5 heteroatoms. The number of carbonyl (C=O) groups is 1. The number of aryl methyl sites for hydroxylation is 1. The predicted octanol–water partition coefficient (Wildman–Crippen LogP) is 3.03. The second-order valence-electron chi connectivity index (χ2n) is 3.15. The van der Waals surface area contributed by atoms with Gasteiger partial charge in [-0.3, -0.25) is 4.79 Å². The summed E-state index contributed by atoms with van der Waals surface area (Å²) in [6.45, 7) is 1.66. The van der Waals surface area contributed by atoms with Crippen molar-refractivity contribution in [1.82, 2.24) is 0 Å². The number of benzene rings is 1. The topological polar surface area (TPSA) is 29.1 Å². The van der Waals surface area contributed by atoms with Crippen LogP contribution in [0.4, 0.5) is 10.1 Å². The van der Waals surface area contributed by atoms with Crippen LogP contribution in [0.3, 0.4) is 0 Å². The van der Waals surface area contributed by atoms with E-state index in [9.17, 15) is 9.18 Å². The molecule has 74 valence electrons. The Bertz CT molecular complexity index is 431. The Morgan fingerprint density at radius 3 is 2.71 bits per heavy atom. The van der Waals surface area contributed by atoms with Crippen LogP contribution in [-0.4, -0.2) is 5.91 Å². The van der Waals surface area contributed by atoms with E-state index in [1.54, 1.807) is 19.1 Å². The number of rotatable bonds is 0. The Morgan fingerprint density at radius 2 is 2.07 bits per heavy atom. The normalized spacial score (nSPS) is 17.9. The summed E-state index contributed by atoms with van der Waals surface area (Å²) < 4.78 is 12.6. The number of halogens is 3. The summed E-state index contributed by atoms with van der Waals surface area (Å²) in [7, 11) is 0. The van der Waals surface area contributed by atoms with Crippen molar-refractivity contribution in [2.45, 2.75) is 10.2 Å². The Hall–Kier alpha value is -0.420. The first-order valence-corrected chi connectivity index (χ1v) is 5.52. The summed E-state index contributed by atoms with van der Waals surface area (Å²) in [5.74, 6) is -0.686. The fourth-order valence-electron chi connectivity index (χ4n) is 1.38. The molecule has 14 heavy (non-hydrogen) atoms. The lowest BCUT2D eigenvalue weighted by Gasteiger charge is -2.10. The van der Waals surface area contributed by atoms with Gasteiger partial charge in [0.2, 0.25) is 0 Å². The molecule has 0 unspecified atom stereocenters. The van der Waals surface area contributed by atoms with Gasteiger partial charge in [-0.25, -0.2) is 4.39 Å². The maximum atomic E-state index is 13.6. The van der Waals surface area contributed by atoms with Gasteiger partial charge in [0.15, 0.2) is 3.23 Å². The van der Waals surface area contributed by atoms with Gasteiger partial charge in [-0.15, -0.1) is 0 Å². The molecule has 0 atom stereocenters. The van der Waals surface area contributed by atoms with E-state index in [1.807, 2.05) is 0 Å². The van der Waals surface area contributed by atoms with E-state index < -0.39 is 3.23 Å². The van der Waals surface area contributed by atoms with Crippen molar-refractivity contribution in [3.8, 4) is 0 Å². The standard InChI is InChI=1S/C9H6Br2FNO/c1-4-2-3-5-7(6(4)12)13-8(14)9(5,10)11/h2-3H,1H3,(H,13,14). The maximum Gasteiger partial charge on any atom is 0.256 e. The third-order valence-corrected chi connectivity index (χ3v) is 3.77. The van der Waals surface area contributed by atoms with Crippen molar-refractivity contribution >= 4 is 43.5 Å². The Labute approximate surface area is 97.1 Å². The summed E-state index contributed by atoms with van der Waals surface area (Å²) in [6, 6.07) is 3.36. The first kappa shape index (κ1) is 10.1. The monoisotopic (exact) mass is 321 g/mol. The van der Waals surface area contributed by atoms with E-state index in [0.29, 0.717) is 11.1 Å². The number of hydrogen-bond acceptors (Lipinski definition) is 1. The molecule has 0 saturated carbocycles. The third-order valence-electron chi connectivity index (χ3n) is 2.20. The largest absolute Gasteiger partial charge is 0.321 e. The zero-order valence-electron chi connectivity index (χ0n) is 7.20. The summed E-state index contributed by atoms with van der Waals surface area (Å²) in [4.78, 5) is 11.4. The van der Waals surface area contributed by atoms with E-state index in [4.69, 9.17) is 0 Å². The van der Waals surface area contributed by atoms with Crippen molar-refractivity contribution < 1.29 is 9.18 Å². The van der Waals surface area contributed by atoms with Gasteiger partial charge in [-0.05, 0) is 12.5 Å². The van der Waals surface area contributed by atoms with Gasteiger partial charge in [0.05, 0.1) is 5.69 Å². The molecular formula is C9H6Br2FNO. The van der Waals surface area contributed by atoms with E-state index in [-0.39, 0.29) is 17.4 Å². The summed E-state index contributed by atoms with van der Waals surface area (Å²) >= 11 is 6.41. The molecule has 0 aromatic heterocycles. The summed E-state index contributed by atoms with van der Waals surface area (Å²) in [6.07, 6.45) is 0. The summed E-state index contributed by atoms with van der Waals surface area (Å²) in [5.41, 5.74) is 1.34. The fourth-order valence-corrected chi connectivity index (χ4v) is 2.24. The van der Waals surface area contributed by atoms with Crippen LogP contribution in [0.1, 0.15) is 11.1 Å².